The second kappa shape index (κ2) is 16.3. The van der Waals surface area contributed by atoms with Gasteiger partial charge in [-0.05, 0) is 24.0 Å². The summed E-state index contributed by atoms with van der Waals surface area (Å²) in [6.45, 7) is 10.8. The molecule has 1 aromatic carbocycles. The van der Waals surface area contributed by atoms with Crippen molar-refractivity contribution in [2.75, 3.05) is 33.4 Å². The van der Waals surface area contributed by atoms with Crippen LogP contribution in [0.4, 0.5) is 0 Å². The molecule has 0 spiro atoms. The van der Waals surface area contributed by atoms with Crippen molar-refractivity contribution in [3.63, 3.8) is 0 Å². The Balaban J connectivity index is 0.00000625. The van der Waals surface area contributed by atoms with Crippen molar-refractivity contribution in [3.05, 3.63) is 35.4 Å². The van der Waals surface area contributed by atoms with Gasteiger partial charge in [0.1, 0.15) is 0 Å². The zero-order chi connectivity index (χ0) is 18.3. The lowest BCUT2D eigenvalue weighted by molar-refractivity contribution is 0.0453. The second-order valence-electron chi connectivity index (χ2n) is 6.06. The van der Waals surface area contributed by atoms with E-state index in [1.54, 1.807) is 0 Å². The van der Waals surface area contributed by atoms with Gasteiger partial charge in [0, 0.05) is 26.7 Å². The number of nitrogens with zero attached hydrogens (tertiary/aromatic N) is 1. The van der Waals surface area contributed by atoms with E-state index in [0.29, 0.717) is 25.7 Å². The Morgan fingerprint density at radius 3 is 2.38 bits per heavy atom. The Labute approximate surface area is 176 Å². The van der Waals surface area contributed by atoms with Gasteiger partial charge < -0.3 is 20.1 Å². The van der Waals surface area contributed by atoms with Gasteiger partial charge in [0.05, 0.1) is 19.8 Å². The number of aliphatic imine (C=N–C) groups is 1. The third-order valence-corrected chi connectivity index (χ3v) is 4.23. The number of benzene rings is 1. The smallest absolute Gasteiger partial charge is 0.191 e. The minimum Gasteiger partial charge on any atom is -0.379 e. The maximum Gasteiger partial charge on any atom is 0.191 e. The predicted molar refractivity (Wildman–Crippen MR) is 120 cm³/mol. The molecule has 0 fully saturated rings. The van der Waals surface area contributed by atoms with E-state index >= 15 is 0 Å². The number of rotatable bonds is 12. The molecule has 0 unspecified atom stereocenters. The number of halogens is 1. The summed E-state index contributed by atoms with van der Waals surface area (Å²) < 4.78 is 10.9. The van der Waals surface area contributed by atoms with Crippen LogP contribution in [-0.4, -0.2) is 39.4 Å². The Bertz CT molecular complexity index is 494. The molecule has 0 bridgehead atoms. The third kappa shape index (κ3) is 11.0. The van der Waals surface area contributed by atoms with Crippen molar-refractivity contribution in [2.24, 2.45) is 10.9 Å². The number of ether oxygens (including phenoxy) is 2. The molecule has 0 aliphatic rings. The van der Waals surface area contributed by atoms with Crippen LogP contribution in [0.1, 0.15) is 44.7 Å². The van der Waals surface area contributed by atoms with Crippen molar-refractivity contribution in [3.8, 4) is 0 Å². The Hall–Kier alpha value is -0.860. The Kier molecular flexibility index (Phi) is 15.8. The second-order valence-corrected chi connectivity index (χ2v) is 6.06. The van der Waals surface area contributed by atoms with Gasteiger partial charge in [-0.3, -0.25) is 4.99 Å². The minimum atomic E-state index is 0. The van der Waals surface area contributed by atoms with Crippen LogP contribution in [0.15, 0.2) is 29.3 Å². The first kappa shape index (κ1) is 25.1. The molecule has 150 valence electrons. The summed E-state index contributed by atoms with van der Waals surface area (Å²) in [6.07, 6.45) is 2.37. The number of hydrogen-bond donors (Lipinski definition) is 2. The Morgan fingerprint density at radius 1 is 1.04 bits per heavy atom. The molecule has 0 atom stereocenters. The molecule has 0 heterocycles. The summed E-state index contributed by atoms with van der Waals surface area (Å²) in [6, 6.07) is 8.44. The van der Waals surface area contributed by atoms with Crippen LogP contribution in [-0.2, 0) is 22.6 Å². The van der Waals surface area contributed by atoms with Crippen LogP contribution >= 0.6 is 24.0 Å². The van der Waals surface area contributed by atoms with E-state index in [-0.39, 0.29) is 24.0 Å². The van der Waals surface area contributed by atoms with E-state index in [0.717, 1.165) is 25.7 Å². The molecule has 1 rings (SSSR count). The molecular weight excluding hydrogens is 441 g/mol. The van der Waals surface area contributed by atoms with Crippen LogP contribution in [0.5, 0.6) is 0 Å². The van der Waals surface area contributed by atoms with Gasteiger partial charge in [0.2, 0.25) is 0 Å². The summed E-state index contributed by atoms with van der Waals surface area (Å²) >= 11 is 0. The lowest BCUT2D eigenvalue weighted by atomic mass is 10.0. The summed E-state index contributed by atoms with van der Waals surface area (Å²) in [5.74, 6) is 1.54. The lowest BCUT2D eigenvalue weighted by Crippen LogP contribution is -2.39. The predicted octanol–water partition coefficient (Wildman–Crippen LogP) is 3.96. The van der Waals surface area contributed by atoms with Crippen molar-refractivity contribution in [1.29, 1.82) is 0 Å². The number of nitrogens with one attached hydrogen (secondary N) is 2. The molecule has 0 amide bonds. The summed E-state index contributed by atoms with van der Waals surface area (Å²) in [4.78, 5) is 4.30. The molecule has 2 N–H and O–H groups in total. The molecule has 6 heteroatoms. The van der Waals surface area contributed by atoms with E-state index in [4.69, 9.17) is 9.47 Å². The maximum atomic E-state index is 5.63. The highest BCUT2D eigenvalue weighted by Crippen LogP contribution is 2.07. The fraction of sp³-hybridized carbons (Fsp3) is 0.650. The van der Waals surface area contributed by atoms with Gasteiger partial charge in [-0.1, -0.05) is 51.0 Å². The molecule has 0 saturated carbocycles. The first-order chi connectivity index (χ1) is 12.2. The summed E-state index contributed by atoms with van der Waals surface area (Å²) in [5, 5.41) is 6.79. The van der Waals surface area contributed by atoms with E-state index in [9.17, 15) is 0 Å². The van der Waals surface area contributed by atoms with Gasteiger partial charge in [0.25, 0.3) is 0 Å². The molecular formula is C20H36IN3O2. The van der Waals surface area contributed by atoms with E-state index in [1.165, 1.54) is 24.0 Å². The SMILES string of the molecule is CCOCCOCc1cccc(CNC(=NC)NCC(CC)CC)c1.I. The van der Waals surface area contributed by atoms with Crippen LogP contribution in [0.25, 0.3) is 0 Å². The van der Waals surface area contributed by atoms with Gasteiger partial charge in [0.15, 0.2) is 5.96 Å². The molecule has 1 aromatic rings. The quantitative estimate of drug-likeness (QED) is 0.207. The number of guanidine groups is 1. The van der Waals surface area contributed by atoms with Gasteiger partial charge in [-0.15, -0.1) is 24.0 Å². The number of hydrogen-bond acceptors (Lipinski definition) is 3. The zero-order valence-corrected chi connectivity index (χ0v) is 19.0. The van der Waals surface area contributed by atoms with Crippen LogP contribution < -0.4 is 10.6 Å². The molecule has 0 saturated heterocycles. The van der Waals surface area contributed by atoms with Crippen LogP contribution in [0, 0.1) is 5.92 Å². The third-order valence-electron chi connectivity index (χ3n) is 4.23. The standard InChI is InChI=1S/C20H35N3O2.HI/c1-5-17(6-2)14-22-20(21-4)23-15-18-9-8-10-19(13-18)16-25-12-11-24-7-3;/h8-10,13,17H,5-7,11-12,14-16H2,1-4H3,(H2,21,22,23);1H. The van der Waals surface area contributed by atoms with Crippen molar-refractivity contribution < 1.29 is 9.47 Å². The first-order valence-corrected chi connectivity index (χ1v) is 9.41. The molecule has 26 heavy (non-hydrogen) atoms. The molecule has 0 radical (unpaired) electrons. The zero-order valence-electron chi connectivity index (χ0n) is 16.7. The van der Waals surface area contributed by atoms with Crippen LogP contribution in [0.2, 0.25) is 0 Å². The summed E-state index contributed by atoms with van der Waals surface area (Å²) in [5.41, 5.74) is 2.40. The monoisotopic (exact) mass is 477 g/mol. The van der Waals surface area contributed by atoms with Crippen LogP contribution in [0.3, 0.4) is 0 Å². The summed E-state index contributed by atoms with van der Waals surface area (Å²) in [7, 11) is 1.81. The molecule has 5 nitrogen and oxygen atoms in total. The maximum absolute atomic E-state index is 5.63. The molecule has 0 aromatic heterocycles. The minimum absolute atomic E-state index is 0. The average molecular weight is 477 g/mol. The van der Waals surface area contributed by atoms with Crippen molar-refractivity contribution in [1.82, 2.24) is 10.6 Å². The fourth-order valence-corrected chi connectivity index (χ4v) is 2.51. The fourth-order valence-electron chi connectivity index (χ4n) is 2.51. The van der Waals surface area contributed by atoms with Gasteiger partial charge in [-0.25, -0.2) is 0 Å². The highest BCUT2D eigenvalue weighted by atomic mass is 127. The van der Waals surface area contributed by atoms with E-state index < -0.39 is 0 Å². The average Bonchev–Trinajstić information content (AvgIpc) is 2.65. The lowest BCUT2D eigenvalue weighted by Gasteiger charge is -2.17. The van der Waals surface area contributed by atoms with Crippen molar-refractivity contribution >= 4 is 29.9 Å². The normalized spacial score (nSPS) is 11.3. The Morgan fingerprint density at radius 2 is 1.73 bits per heavy atom. The van der Waals surface area contributed by atoms with Gasteiger partial charge >= 0.3 is 0 Å². The van der Waals surface area contributed by atoms with E-state index in [2.05, 4.69) is 53.7 Å². The largest absolute Gasteiger partial charge is 0.379 e. The molecule has 0 aliphatic carbocycles. The van der Waals surface area contributed by atoms with Gasteiger partial charge in [-0.2, -0.15) is 0 Å². The molecule has 0 aliphatic heterocycles. The topological polar surface area (TPSA) is 54.9 Å². The van der Waals surface area contributed by atoms with E-state index in [1.807, 2.05) is 14.0 Å². The first-order valence-electron chi connectivity index (χ1n) is 9.41. The highest BCUT2D eigenvalue weighted by molar-refractivity contribution is 14.0. The highest BCUT2D eigenvalue weighted by Gasteiger charge is 2.05. The van der Waals surface area contributed by atoms with Crippen molar-refractivity contribution in [2.45, 2.75) is 46.8 Å².